The van der Waals surface area contributed by atoms with Gasteiger partial charge < -0.3 is 14.9 Å². The minimum absolute atomic E-state index is 0.260. The fourth-order valence-corrected chi connectivity index (χ4v) is 2.43. The third-order valence-electron chi connectivity index (χ3n) is 3.89. The van der Waals surface area contributed by atoms with Gasteiger partial charge in [-0.25, -0.2) is 0 Å². The number of unbranched alkanes of at least 4 members (excludes halogenated alkanes) is 3. The van der Waals surface area contributed by atoms with Crippen molar-refractivity contribution in [1.82, 2.24) is 0 Å². The predicted molar refractivity (Wildman–Crippen MR) is 105 cm³/mol. The van der Waals surface area contributed by atoms with Crippen molar-refractivity contribution in [1.29, 1.82) is 0 Å². The number of aryl methyl sites for hydroxylation is 1. The number of phenolic OH excluding ortho intramolecular Hbond substituents is 2. The van der Waals surface area contributed by atoms with Gasteiger partial charge in [0.25, 0.3) is 0 Å². The molecule has 2 aromatic carbocycles. The topological polar surface area (TPSA) is 49.7 Å². The number of phenols is 2. The summed E-state index contributed by atoms with van der Waals surface area (Å²) in [5.74, 6) is 1.83. The Labute approximate surface area is 152 Å². The van der Waals surface area contributed by atoms with Crippen LogP contribution in [-0.2, 0) is 0 Å². The van der Waals surface area contributed by atoms with Crippen LogP contribution in [0.25, 0.3) is 0 Å². The molecule has 138 valence electrons. The SMILES string of the molecule is CCCCCCOc1cccc(O)c1.Cc1ccc(C(C)C)c(O)c1. The van der Waals surface area contributed by atoms with Crippen LogP contribution in [0.1, 0.15) is 63.5 Å². The van der Waals surface area contributed by atoms with E-state index in [9.17, 15) is 10.2 Å². The molecule has 2 aromatic rings. The first-order valence-electron chi connectivity index (χ1n) is 9.15. The van der Waals surface area contributed by atoms with E-state index in [1.54, 1.807) is 24.3 Å². The summed E-state index contributed by atoms with van der Waals surface area (Å²) in [5.41, 5.74) is 2.13. The van der Waals surface area contributed by atoms with E-state index in [0.717, 1.165) is 29.9 Å². The van der Waals surface area contributed by atoms with Crippen molar-refractivity contribution < 1.29 is 14.9 Å². The number of benzene rings is 2. The molecule has 2 N–H and O–H groups in total. The van der Waals surface area contributed by atoms with Crippen molar-refractivity contribution in [3.63, 3.8) is 0 Å². The molecule has 0 atom stereocenters. The summed E-state index contributed by atoms with van der Waals surface area (Å²) in [4.78, 5) is 0. The summed E-state index contributed by atoms with van der Waals surface area (Å²) >= 11 is 0. The second-order valence-corrected chi connectivity index (χ2v) is 6.62. The van der Waals surface area contributed by atoms with E-state index in [1.807, 2.05) is 25.1 Å². The van der Waals surface area contributed by atoms with Gasteiger partial charge in [0.05, 0.1) is 6.61 Å². The van der Waals surface area contributed by atoms with Crippen LogP contribution in [-0.4, -0.2) is 16.8 Å². The molecule has 0 aromatic heterocycles. The highest BCUT2D eigenvalue weighted by Gasteiger charge is 2.04. The molecular formula is C22H32O3. The Kier molecular flexibility index (Phi) is 9.53. The third kappa shape index (κ3) is 8.48. The molecule has 0 spiro atoms. The van der Waals surface area contributed by atoms with Crippen LogP contribution in [0.4, 0.5) is 0 Å². The minimum atomic E-state index is 0.260. The lowest BCUT2D eigenvalue weighted by molar-refractivity contribution is 0.303. The molecule has 0 radical (unpaired) electrons. The van der Waals surface area contributed by atoms with E-state index in [2.05, 4.69) is 20.8 Å². The Morgan fingerprint density at radius 1 is 0.960 bits per heavy atom. The molecule has 0 saturated carbocycles. The first-order valence-corrected chi connectivity index (χ1v) is 9.15. The summed E-state index contributed by atoms with van der Waals surface area (Å²) in [5, 5.41) is 18.6. The lowest BCUT2D eigenvalue weighted by atomic mass is 10.0. The maximum Gasteiger partial charge on any atom is 0.122 e. The molecule has 0 saturated heterocycles. The van der Waals surface area contributed by atoms with E-state index in [1.165, 1.54) is 19.3 Å². The van der Waals surface area contributed by atoms with Crippen LogP contribution < -0.4 is 4.74 Å². The van der Waals surface area contributed by atoms with Gasteiger partial charge >= 0.3 is 0 Å². The zero-order chi connectivity index (χ0) is 18.7. The second-order valence-electron chi connectivity index (χ2n) is 6.62. The Balaban J connectivity index is 0.000000257. The maximum absolute atomic E-state index is 9.46. The molecule has 0 aliphatic carbocycles. The lowest BCUT2D eigenvalue weighted by Gasteiger charge is -2.07. The Bertz CT molecular complexity index is 620. The molecule has 0 heterocycles. The van der Waals surface area contributed by atoms with Gasteiger partial charge in [0, 0.05) is 6.07 Å². The monoisotopic (exact) mass is 344 g/mol. The summed E-state index contributed by atoms with van der Waals surface area (Å²) in [6.07, 6.45) is 4.81. The molecular weight excluding hydrogens is 312 g/mol. The smallest absolute Gasteiger partial charge is 0.122 e. The summed E-state index contributed by atoms with van der Waals surface area (Å²) in [7, 11) is 0. The van der Waals surface area contributed by atoms with E-state index >= 15 is 0 Å². The second kappa shape index (κ2) is 11.4. The standard InChI is InChI=1S/C12H18O2.C10H14O/c1-2-3-4-5-9-14-12-8-6-7-11(13)10-12;1-7(2)9-5-4-8(3)6-10(9)11/h6-8,10,13H,2-5,9H2,1H3;4-7,11H,1-3H3. The summed E-state index contributed by atoms with van der Waals surface area (Å²) < 4.78 is 5.47. The quantitative estimate of drug-likeness (QED) is 0.590. The Morgan fingerprint density at radius 2 is 1.72 bits per heavy atom. The normalized spacial score (nSPS) is 10.3. The Hall–Kier alpha value is -2.16. The highest BCUT2D eigenvalue weighted by Crippen LogP contribution is 2.25. The van der Waals surface area contributed by atoms with Crippen molar-refractivity contribution in [2.75, 3.05) is 6.61 Å². The van der Waals surface area contributed by atoms with Gasteiger partial charge in [-0.1, -0.05) is 58.2 Å². The van der Waals surface area contributed by atoms with Crippen LogP contribution in [0.3, 0.4) is 0 Å². The van der Waals surface area contributed by atoms with E-state index in [4.69, 9.17) is 4.74 Å². The average molecular weight is 344 g/mol. The van der Waals surface area contributed by atoms with Crippen molar-refractivity contribution in [3.8, 4) is 17.2 Å². The van der Waals surface area contributed by atoms with Crippen LogP contribution in [0, 0.1) is 6.92 Å². The van der Waals surface area contributed by atoms with Crippen molar-refractivity contribution in [2.24, 2.45) is 0 Å². The molecule has 0 unspecified atom stereocenters. The number of rotatable bonds is 7. The van der Waals surface area contributed by atoms with Gasteiger partial charge in [0.15, 0.2) is 0 Å². The van der Waals surface area contributed by atoms with Gasteiger partial charge in [-0.2, -0.15) is 0 Å². The molecule has 0 aliphatic heterocycles. The highest BCUT2D eigenvalue weighted by atomic mass is 16.5. The molecule has 0 aliphatic rings. The fraction of sp³-hybridized carbons (Fsp3) is 0.455. The van der Waals surface area contributed by atoms with Gasteiger partial charge in [-0.05, 0) is 48.6 Å². The zero-order valence-corrected chi connectivity index (χ0v) is 16.0. The first-order chi connectivity index (χ1) is 11.9. The molecule has 0 amide bonds. The van der Waals surface area contributed by atoms with Crippen LogP contribution in [0.5, 0.6) is 17.2 Å². The van der Waals surface area contributed by atoms with E-state index < -0.39 is 0 Å². The average Bonchev–Trinajstić information content (AvgIpc) is 2.55. The van der Waals surface area contributed by atoms with E-state index in [-0.39, 0.29) is 5.75 Å². The Morgan fingerprint density at radius 3 is 2.32 bits per heavy atom. The summed E-state index contributed by atoms with van der Waals surface area (Å²) in [6, 6.07) is 12.7. The number of hydrogen-bond acceptors (Lipinski definition) is 3. The third-order valence-corrected chi connectivity index (χ3v) is 3.89. The fourth-order valence-electron chi connectivity index (χ4n) is 2.43. The molecule has 0 fully saturated rings. The number of hydrogen-bond donors (Lipinski definition) is 2. The molecule has 3 heteroatoms. The molecule has 0 bridgehead atoms. The highest BCUT2D eigenvalue weighted by molar-refractivity contribution is 5.37. The van der Waals surface area contributed by atoms with Crippen LogP contribution in [0.2, 0.25) is 0 Å². The predicted octanol–water partition coefficient (Wildman–Crippen LogP) is 6.18. The van der Waals surface area contributed by atoms with Gasteiger partial charge in [0.2, 0.25) is 0 Å². The minimum Gasteiger partial charge on any atom is -0.508 e. The van der Waals surface area contributed by atoms with Crippen molar-refractivity contribution >= 4 is 0 Å². The van der Waals surface area contributed by atoms with Gasteiger partial charge in [0.1, 0.15) is 17.2 Å². The zero-order valence-electron chi connectivity index (χ0n) is 16.0. The molecule has 3 nitrogen and oxygen atoms in total. The largest absolute Gasteiger partial charge is 0.508 e. The number of aromatic hydroxyl groups is 2. The van der Waals surface area contributed by atoms with Crippen molar-refractivity contribution in [3.05, 3.63) is 53.6 Å². The van der Waals surface area contributed by atoms with Gasteiger partial charge in [-0.3, -0.25) is 0 Å². The molecule has 25 heavy (non-hydrogen) atoms. The van der Waals surface area contributed by atoms with Crippen LogP contribution >= 0.6 is 0 Å². The van der Waals surface area contributed by atoms with Gasteiger partial charge in [-0.15, -0.1) is 0 Å². The molecule has 2 rings (SSSR count). The van der Waals surface area contributed by atoms with Crippen molar-refractivity contribution in [2.45, 2.75) is 59.3 Å². The summed E-state index contributed by atoms with van der Waals surface area (Å²) in [6.45, 7) is 9.05. The van der Waals surface area contributed by atoms with E-state index in [0.29, 0.717) is 11.7 Å². The number of ether oxygens (including phenoxy) is 1. The maximum atomic E-state index is 9.46. The first kappa shape index (κ1) is 20.9. The van der Waals surface area contributed by atoms with Crippen LogP contribution in [0.15, 0.2) is 42.5 Å². The lowest BCUT2D eigenvalue weighted by Crippen LogP contribution is -1.96.